The summed E-state index contributed by atoms with van der Waals surface area (Å²) in [4.78, 5) is 0. The predicted octanol–water partition coefficient (Wildman–Crippen LogP) is 6.78. The Morgan fingerprint density at radius 2 is 1.04 bits per heavy atom. The highest BCUT2D eigenvalue weighted by atomic mass is 127. The van der Waals surface area contributed by atoms with Crippen LogP contribution in [0.2, 0.25) is 0 Å². The van der Waals surface area contributed by atoms with Gasteiger partial charge in [-0.1, -0.05) is 19.8 Å². The molecule has 0 aliphatic heterocycles. The lowest BCUT2D eigenvalue weighted by molar-refractivity contribution is -0.476. The molecule has 0 amide bonds. The average molecular weight is 504 g/mol. The molecule has 0 unspecified atom stereocenters. The van der Waals surface area contributed by atoms with Crippen molar-refractivity contribution >= 4 is 22.6 Å². The van der Waals surface area contributed by atoms with Crippen molar-refractivity contribution in [3.8, 4) is 0 Å². The van der Waals surface area contributed by atoms with Gasteiger partial charge < -0.3 is 0 Å². The van der Waals surface area contributed by atoms with Crippen molar-refractivity contribution in [2.24, 2.45) is 0 Å². The molecule has 148 valence electrons. The number of halogens is 12. The standard InChI is InChI=1S/C13H12F11I/c1-2-3-4-5-7(25)6-8(14)9(15,16)11(19,20)13(23,24)12(21,22)10(8,17)18/h6H,2-5H2,1H3. The monoisotopic (exact) mass is 504 g/mol. The Hall–Kier alpha value is -0.300. The van der Waals surface area contributed by atoms with Gasteiger partial charge in [-0.25, -0.2) is 4.39 Å². The summed E-state index contributed by atoms with van der Waals surface area (Å²) in [6.45, 7) is 1.69. The normalized spacial score (nSPS) is 28.6. The molecule has 0 aromatic carbocycles. The van der Waals surface area contributed by atoms with Gasteiger partial charge in [-0.15, -0.1) is 0 Å². The van der Waals surface area contributed by atoms with E-state index in [-0.39, 0.29) is 12.8 Å². The van der Waals surface area contributed by atoms with Crippen molar-refractivity contribution in [2.45, 2.75) is 67.9 Å². The van der Waals surface area contributed by atoms with Gasteiger partial charge in [-0.3, -0.25) is 0 Å². The van der Waals surface area contributed by atoms with E-state index >= 15 is 0 Å². The molecule has 1 aliphatic carbocycles. The third kappa shape index (κ3) is 2.75. The molecule has 1 aliphatic rings. The SMILES string of the molecule is CCCCCC(I)=CC1(F)C(F)(F)C(F)(F)C(F)(F)C(F)(F)C1(F)F. The molecule has 0 saturated heterocycles. The maximum Gasteiger partial charge on any atom is 0.384 e. The first kappa shape index (κ1) is 22.7. The van der Waals surface area contributed by atoms with Crippen LogP contribution >= 0.6 is 22.6 Å². The molecule has 0 bridgehead atoms. The molecule has 1 fully saturated rings. The Kier molecular flexibility index (Phi) is 5.82. The van der Waals surface area contributed by atoms with Crippen LogP contribution in [0.15, 0.2) is 9.66 Å². The van der Waals surface area contributed by atoms with Gasteiger partial charge in [-0.05, 0) is 45.1 Å². The van der Waals surface area contributed by atoms with E-state index in [1.807, 2.05) is 0 Å². The van der Waals surface area contributed by atoms with Crippen LogP contribution in [0.5, 0.6) is 0 Å². The number of alkyl halides is 11. The summed E-state index contributed by atoms with van der Waals surface area (Å²) in [5, 5.41) is 0. The van der Waals surface area contributed by atoms with Gasteiger partial charge in [-0.2, -0.15) is 43.9 Å². The average Bonchev–Trinajstić information content (AvgIpc) is 2.45. The van der Waals surface area contributed by atoms with Crippen molar-refractivity contribution < 1.29 is 48.3 Å². The van der Waals surface area contributed by atoms with Crippen LogP contribution in [-0.4, -0.2) is 35.3 Å². The molecule has 0 atom stereocenters. The van der Waals surface area contributed by atoms with Gasteiger partial charge in [0.05, 0.1) is 0 Å². The number of rotatable bonds is 5. The molecule has 0 aromatic rings. The second-order valence-corrected chi connectivity index (χ2v) is 7.02. The molecule has 1 rings (SSSR count). The zero-order chi connectivity index (χ0) is 20.1. The van der Waals surface area contributed by atoms with E-state index in [1.165, 1.54) is 0 Å². The fourth-order valence-corrected chi connectivity index (χ4v) is 3.07. The van der Waals surface area contributed by atoms with Crippen LogP contribution in [-0.2, 0) is 0 Å². The molecule has 0 spiro atoms. The molecule has 0 nitrogen and oxygen atoms in total. The van der Waals surface area contributed by atoms with Crippen molar-refractivity contribution in [1.82, 2.24) is 0 Å². The highest BCUT2D eigenvalue weighted by molar-refractivity contribution is 14.1. The lowest BCUT2D eigenvalue weighted by Crippen LogP contribution is -2.83. The number of allylic oxidation sites excluding steroid dienone is 2. The van der Waals surface area contributed by atoms with Gasteiger partial charge in [0, 0.05) is 0 Å². The van der Waals surface area contributed by atoms with Crippen molar-refractivity contribution in [1.29, 1.82) is 0 Å². The van der Waals surface area contributed by atoms with E-state index in [0.717, 1.165) is 22.6 Å². The minimum Gasteiger partial charge on any atom is -0.225 e. The van der Waals surface area contributed by atoms with Crippen LogP contribution < -0.4 is 0 Å². The molecular formula is C13H12F11I. The van der Waals surface area contributed by atoms with E-state index < -0.39 is 44.9 Å². The Labute approximate surface area is 149 Å². The third-order valence-electron chi connectivity index (χ3n) is 3.87. The van der Waals surface area contributed by atoms with E-state index in [4.69, 9.17) is 0 Å². The highest BCUT2D eigenvalue weighted by Crippen LogP contribution is 2.69. The van der Waals surface area contributed by atoms with Gasteiger partial charge >= 0.3 is 29.6 Å². The summed E-state index contributed by atoms with van der Waals surface area (Å²) in [5.41, 5.74) is -6.00. The molecule has 25 heavy (non-hydrogen) atoms. The Morgan fingerprint density at radius 3 is 1.40 bits per heavy atom. The zero-order valence-corrected chi connectivity index (χ0v) is 14.6. The van der Waals surface area contributed by atoms with Crippen LogP contribution in [0.3, 0.4) is 0 Å². The van der Waals surface area contributed by atoms with Gasteiger partial charge in [0.15, 0.2) is 0 Å². The number of hydrogen-bond donors (Lipinski definition) is 0. The Bertz CT molecular complexity index is 508. The lowest BCUT2D eigenvalue weighted by atomic mass is 9.72. The molecule has 1 saturated carbocycles. The summed E-state index contributed by atoms with van der Waals surface area (Å²) in [5.74, 6) is -34.8. The largest absolute Gasteiger partial charge is 0.384 e. The van der Waals surface area contributed by atoms with Gasteiger partial charge in [0.1, 0.15) is 0 Å². The quantitative estimate of drug-likeness (QED) is 0.220. The van der Waals surface area contributed by atoms with E-state index in [9.17, 15) is 48.3 Å². The molecule has 0 N–H and O–H groups in total. The minimum atomic E-state index is -7.16. The topological polar surface area (TPSA) is 0 Å². The molecule has 0 aromatic heterocycles. The summed E-state index contributed by atoms with van der Waals surface area (Å²) in [7, 11) is 0. The Balaban J connectivity index is 3.58. The molecule has 0 heterocycles. The summed E-state index contributed by atoms with van der Waals surface area (Å²) >= 11 is 1.04. The van der Waals surface area contributed by atoms with Crippen molar-refractivity contribution in [3.05, 3.63) is 9.66 Å². The second kappa shape index (κ2) is 6.39. The van der Waals surface area contributed by atoms with Crippen molar-refractivity contribution in [2.75, 3.05) is 0 Å². The van der Waals surface area contributed by atoms with Crippen LogP contribution in [0.1, 0.15) is 32.6 Å². The summed E-state index contributed by atoms with van der Waals surface area (Å²) in [6.07, 6.45) is -0.00232. The maximum atomic E-state index is 14.3. The Morgan fingerprint density at radius 1 is 0.680 bits per heavy atom. The van der Waals surface area contributed by atoms with E-state index in [1.54, 1.807) is 6.92 Å². The van der Waals surface area contributed by atoms with Gasteiger partial charge in [0.2, 0.25) is 0 Å². The van der Waals surface area contributed by atoms with Crippen molar-refractivity contribution in [3.63, 3.8) is 0 Å². The first-order valence-corrected chi connectivity index (χ1v) is 7.98. The highest BCUT2D eigenvalue weighted by Gasteiger charge is 3.00. The summed E-state index contributed by atoms with van der Waals surface area (Å²) in [6, 6.07) is 0. The number of hydrogen-bond acceptors (Lipinski definition) is 0. The first-order valence-electron chi connectivity index (χ1n) is 6.91. The fourth-order valence-electron chi connectivity index (χ4n) is 2.26. The molecular weight excluding hydrogens is 492 g/mol. The lowest BCUT2D eigenvalue weighted by Gasteiger charge is -2.51. The van der Waals surface area contributed by atoms with E-state index in [2.05, 4.69) is 0 Å². The van der Waals surface area contributed by atoms with Crippen LogP contribution in [0.4, 0.5) is 48.3 Å². The maximum absolute atomic E-state index is 14.3. The second-order valence-electron chi connectivity index (χ2n) is 5.63. The minimum absolute atomic E-state index is 0.140. The molecule has 12 heteroatoms. The fraction of sp³-hybridized carbons (Fsp3) is 0.846. The molecule has 0 radical (unpaired) electrons. The predicted molar refractivity (Wildman–Crippen MR) is 74.8 cm³/mol. The smallest absolute Gasteiger partial charge is 0.225 e. The number of unbranched alkanes of at least 4 members (excludes halogenated alkanes) is 2. The first-order chi connectivity index (χ1) is 11.0. The van der Waals surface area contributed by atoms with Gasteiger partial charge in [0.25, 0.3) is 5.67 Å². The third-order valence-corrected chi connectivity index (χ3v) is 4.72. The zero-order valence-electron chi connectivity index (χ0n) is 12.4. The van der Waals surface area contributed by atoms with Crippen LogP contribution in [0, 0.1) is 0 Å². The summed E-state index contributed by atoms with van der Waals surface area (Å²) < 4.78 is 147. The van der Waals surface area contributed by atoms with E-state index in [0.29, 0.717) is 12.8 Å². The van der Waals surface area contributed by atoms with Crippen LogP contribution in [0.25, 0.3) is 0 Å².